The van der Waals surface area contributed by atoms with Crippen LogP contribution in [0.5, 0.6) is 0 Å². The average Bonchev–Trinajstić information content (AvgIpc) is 3.11. The van der Waals surface area contributed by atoms with Crippen molar-refractivity contribution < 1.29 is 33.9 Å². The van der Waals surface area contributed by atoms with Gasteiger partial charge in [0, 0.05) is 12.6 Å². The van der Waals surface area contributed by atoms with Gasteiger partial charge in [0.2, 0.25) is 35.9 Å². The number of rotatable bonds is 16. The number of hydrogen-bond acceptors (Lipinski definition) is 9. The summed E-state index contributed by atoms with van der Waals surface area (Å²) in [6.07, 6.45) is -0.496. The minimum atomic E-state index is -1.25. The second kappa shape index (κ2) is 15.7. The zero-order chi connectivity index (χ0) is 28.1. The van der Waals surface area contributed by atoms with Crippen molar-refractivity contribution in [2.75, 3.05) is 26.2 Å². The summed E-state index contributed by atoms with van der Waals surface area (Å²) in [7, 11) is 0. The van der Waals surface area contributed by atoms with Crippen molar-refractivity contribution in [2.45, 2.75) is 76.3 Å². The molecule has 10 N–H and O–H groups in total. The highest BCUT2D eigenvalue weighted by atomic mass is 16.3. The number of carbonyl (C=O) groups excluding carboxylic acids is 6. The smallest absolute Gasteiger partial charge is 0.246 e. The molecule has 37 heavy (non-hydrogen) atoms. The van der Waals surface area contributed by atoms with E-state index >= 15 is 0 Å². The molecule has 1 fully saturated rings. The van der Waals surface area contributed by atoms with Gasteiger partial charge in [-0.1, -0.05) is 0 Å². The van der Waals surface area contributed by atoms with E-state index in [9.17, 15) is 33.9 Å². The number of likely N-dealkylation sites (tertiary alicyclic amines) is 1. The van der Waals surface area contributed by atoms with Gasteiger partial charge in [-0.3, -0.25) is 28.8 Å². The van der Waals surface area contributed by atoms with E-state index < -0.39 is 65.8 Å². The number of aliphatic hydroxyl groups is 1. The van der Waals surface area contributed by atoms with Gasteiger partial charge in [0.05, 0.1) is 12.6 Å². The lowest BCUT2D eigenvalue weighted by Crippen LogP contribution is -2.60. The normalized spacial score (nSPS) is 20.3. The highest BCUT2D eigenvalue weighted by molar-refractivity contribution is 5.96. The van der Waals surface area contributed by atoms with E-state index in [0.717, 1.165) is 0 Å². The van der Waals surface area contributed by atoms with Crippen molar-refractivity contribution in [2.24, 2.45) is 11.5 Å². The molecule has 0 aromatic heterocycles. The maximum atomic E-state index is 13.3. The molecule has 0 bridgehead atoms. The van der Waals surface area contributed by atoms with Gasteiger partial charge in [-0.2, -0.15) is 0 Å². The molecule has 6 atom stereocenters. The van der Waals surface area contributed by atoms with E-state index in [2.05, 4.69) is 26.6 Å². The Morgan fingerprint density at radius 3 is 2.30 bits per heavy atom. The summed E-state index contributed by atoms with van der Waals surface area (Å²) in [5.41, 5.74) is 11.3. The first-order valence-corrected chi connectivity index (χ1v) is 12.3. The molecule has 0 aromatic carbocycles. The second-order valence-electron chi connectivity index (χ2n) is 8.80. The van der Waals surface area contributed by atoms with E-state index in [1.165, 1.54) is 11.8 Å². The lowest BCUT2D eigenvalue weighted by atomic mass is 10.1. The molecule has 1 aliphatic rings. The van der Waals surface area contributed by atoms with E-state index in [1.807, 2.05) is 0 Å². The van der Waals surface area contributed by atoms with Crippen LogP contribution in [-0.2, 0) is 28.8 Å². The molecular formula is C22H40N8O7. The second-order valence-corrected chi connectivity index (χ2v) is 8.80. The van der Waals surface area contributed by atoms with E-state index in [0.29, 0.717) is 13.0 Å². The summed E-state index contributed by atoms with van der Waals surface area (Å²) in [6.45, 7) is 4.83. The Morgan fingerprint density at radius 1 is 1.11 bits per heavy atom. The molecule has 0 aliphatic carbocycles. The lowest BCUT2D eigenvalue weighted by molar-refractivity contribution is -0.142. The fraction of sp³-hybridized carbons (Fsp3) is 0.727. The summed E-state index contributed by atoms with van der Waals surface area (Å²) >= 11 is 0. The van der Waals surface area contributed by atoms with Gasteiger partial charge in [0.1, 0.15) is 24.2 Å². The molecule has 6 unspecified atom stereocenters. The largest absolute Gasteiger partial charge is 0.391 e. The molecular weight excluding hydrogens is 488 g/mol. The number of nitrogens with zero attached hydrogens (tertiary/aromatic N) is 1. The lowest BCUT2D eigenvalue weighted by Gasteiger charge is -2.32. The molecule has 0 saturated carbocycles. The number of carbonyl (C=O) groups is 6. The zero-order valence-electron chi connectivity index (χ0n) is 21.5. The third kappa shape index (κ3) is 9.26. The molecule has 1 heterocycles. The first-order valence-electron chi connectivity index (χ1n) is 12.3. The van der Waals surface area contributed by atoms with Crippen molar-refractivity contribution in [1.29, 1.82) is 0 Å². The average molecular weight is 529 g/mol. The van der Waals surface area contributed by atoms with Crippen LogP contribution in [0.3, 0.4) is 0 Å². The predicted molar refractivity (Wildman–Crippen MR) is 132 cm³/mol. The van der Waals surface area contributed by atoms with Gasteiger partial charge >= 0.3 is 0 Å². The van der Waals surface area contributed by atoms with Crippen LogP contribution >= 0.6 is 0 Å². The molecule has 0 radical (unpaired) electrons. The number of amides is 6. The molecule has 210 valence electrons. The first kappa shape index (κ1) is 31.7. The Bertz CT molecular complexity index is 825. The fourth-order valence-corrected chi connectivity index (χ4v) is 4.11. The van der Waals surface area contributed by atoms with Crippen LogP contribution in [0.4, 0.5) is 0 Å². The quantitative estimate of drug-likeness (QED) is 0.0898. The minimum absolute atomic E-state index is 0.0285. The van der Waals surface area contributed by atoms with Gasteiger partial charge in [-0.05, 0) is 53.1 Å². The minimum Gasteiger partial charge on any atom is -0.391 e. The van der Waals surface area contributed by atoms with Crippen LogP contribution in [0.25, 0.3) is 0 Å². The van der Waals surface area contributed by atoms with Crippen LogP contribution < -0.4 is 38.1 Å². The predicted octanol–water partition coefficient (Wildman–Crippen LogP) is -4.61. The van der Waals surface area contributed by atoms with Crippen LogP contribution in [0.2, 0.25) is 0 Å². The Balaban J connectivity index is 3.02. The van der Waals surface area contributed by atoms with E-state index in [-0.39, 0.29) is 38.9 Å². The van der Waals surface area contributed by atoms with E-state index in [4.69, 9.17) is 11.5 Å². The van der Waals surface area contributed by atoms with Crippen LogP contribution in [0.1, 0.15) is 40.0 Å². The monoisotopic (exact) mass is 528 g/mol. The van der Waals surface area contributed by atoms with Crippen molar-refractivity contribution in [3.05, 3.63) is 0 Å². The highest BCUT2D eigenvalue weighted by Crippen LogP contribution is 2.23. The van der Waals surface area contributed by atoms with Gasteiger partial charge in [-0.15, -0.1) is 0 Å². The Kier molecular flexibility index (Phi) is 13.5. The fourth-order valence-electron chi connectivity index (χ4n) is 4.11. The summed E-state index contributed by atoms with van der Waals surface area (Å²) in [5.74, 6) is -3.02. The maximum Gasteiger partial charge on any atom is 0.246 e. The van der Waals surface area contributed by atoms with Crippen LogP contribution in [0.15, 0.2) is 0 Å². The molecule has 1 saturated heterocycles. The van der Waals surface area contributed by atoms with Gasteiger partial charge in [-0.25, -0.2) is 0 Å². The molecule has 15 heteroatoms. The van der Waals surface area contributed by atoms with Crippen molar-refractivity contribution in [3.63, 3.8) is 0 Å². The summed E-state index contributed by atoms with van der Waals surface area (Å²) < 4.78 is 0. The third-order valence-electron chi connectivity index (χ3n) is 5.87. The zero-order valence-corrected chi connectivity index (χ0v) is 21.5. The Hall–Kier alpha value is -3.30. The molecule has 1 rings (SSSR count). The molecule has 0 aromatic rings. The van der Waals surface area contributed by atoms with Crippen LogP contribution in [0, 0.1) is 0 Å². The first-order chi connectivity index (χ1) is 17.5. The van der Waals surface area contributed by atoms with Gasteiger partial charge in [0.25, 0.3) is 0 Å². The van der Waals surface area contributed by atoms with E-state index in [1.54, 1.807) is 13.8 Å². The highest BCUT2D eigenvalue weighted by Gasteiger charge is 2.44. The SMILES string of the molecule is CCNC(=O)C(NC(=O)C(CCN)NC(=O)C(CCN)N1C(=O)C(NC(=O)CNC=O)CC1C)C(C)O. The number of hydrogen-bond donors (Lipinski definition) is 8. The molecule has 1 aliphatic heterocycles. The Labute approximate surface area is 215 Å². The van der Waals surface area contributed by atoms with Crippen molar-refractivity contribution in [3.8, 4) is 0 Å². The number of aliphatic hydroxyl groups excluding tert-OH is 1. The summed E-state index contributed by atoms with van der Waals surface area (Å²) in [4.78, 5) is 75.2. The van der Waals surface area contributed by atoms with Gasteiger partial charge in [0.15, 0.2) is 0 Å². The number of likely N-dealkylation sites (N-methyl/N-ethyl adjacent to an activating group) is 1. The van der Waals surface area contributed by atoms with Crippen molar-refractivity contribution >= 4 is 35.9 Å². The standard InChI is InChI=1S/C22H40N8O7/c1-4-26-21(36)18(13(3)32)29-19(34)14(5-7-23)28-20(35)16(6-8-24)30-12(2)9-15(22(30)37)27-17(33)10-25-11-31/h11-16,18,32H,4-10,23-24H2,1-3H3,(H,25,31)(H,26,36)(H,27,33)(H,28,35)(H,29,34). The van der Waals surface area contributed by atoms with Crippen LogP contribution in [-0.4, -0.2) is 108 Å². The third-order valence-corrected chi connectivity index (χ3v) is 5.87. The number of nitrogens with one attached hydrogen (secondary N) is 5. The summed E-state index contributed by atoms with van der Waals surface area (Å²) in [5, 5.41) is 22.2. The topological polar surface area (TPSA) is 238 Å². The molecule has 15 nitrogen and oxygen atoms in total. The molecule has 0 spiro atoms. The maximum absolute atomic E-state index is 13.3. The number of nitrogens with two attached hydrogens (primary N) is 2. The Morgan fingerprint density at radius 2 is 1.76 bits per heavy atom. The van der Waals surface area contributed by atoms with Gasteiger partial charge < -0.3 is 48.1 Å². The molecule has 6 amide bonds. The van der Waals surface area contributed by atoms with Crippen molar-refractivity contribution in [1.82, 2.24) is 31.5 Å². The summed E-state index contributed by atoms with van der Waals surface area (Å²) in [6, 6.07) is -4.75.